The number of aromatic nitrogens is 1. The van der Waals surface area contributed by atoms with E-state index in [0.29, 0.717) is 0 Å². The van der Waals surface area contributed by atoms with Crippen molar-refractivity contribution in [3.63, 3.8) is 0 Å². The topological polar surface area (TPSA) is 4.93 Å². The molecule has 0 aliphatic rings. The molecule has 0 spiro atoms. The van der Waals surface area contributed by atoms with Crippen molar-refractivity contribution in [3.05, 3.63) is 211 Å². The Morgan fingerprint density at radius 1 is 0.312 bits per heavy atom. The molecule has 0 atom stereocenters. The van der Waals surface area contributed by atoms with Crippen LogP contribution in [0.4, 0.5) is 0 Å². The zero-order chi connectivity index (χ0) is 31.9. The third kappa shape index (κ3) is 4.98. The molecule has 226 valence electrons. The molecule has 0 N–H and O–H groups in total. The number of para-hydroxylation sites is 2. The predicted molar refractivity (Wildman–Crippen MR) is 203 cm³/mol. The van der Waals surface area contributed by atoms with Crippen LogP contribution in [0.25, 0.3) is 60.5 Å². The number of rotatable bonds is 6. The average molecular weight is 612 g/mol. The number of hydrogen-bond acceptors (Lipinski definition) is 0. The smallest absolute Gasteiger partial charge is 0.0547 e. The maximum absolute atomic E-state index is 2.41. The van der Waals surface area contributed by atoms with E-state index in [-0.39, 0.29) is 5.92 Å². The molecule has 0 bridgehead atoms. The number of hydrogen-bond donors (Lipinski definition) is 0. The minimum atomic E-state index is 0.0883. The average Bonchev–Trinajstić information content (AvgIpc) is 3.48. The van der Waals surface area contributed by atoms with Gasteiger partial charge in [-0.3, -0.25) is 0 Å². The summed E-state index contributed by atoms with van der Waals surface area (Å²) >= 11 is 0. The van der Waals surface area contributed by atoms with Crippen LogP contribution >= 0.6 is 0 Å². The van der Waals surface area contributed by atoms with Crippen molar-refractivity contribution in [3.8, 4) is 27.9 Å². The Morgan fingerprint density at radius 3 is 1.42 bits per heavy atom. The molecule has 1 heterocycles. The molecule has 0 saturated heterocycles. The maximum Gasteiger partial charge on any atom is 0.0547 e. The first-order chi connectivity index (χ1) is 23.8. The zero-order valence-electron chi connectivity index (χ0n) is 26.5. The van der Waals surface area contributed by atoms with Gasteiger partial charge >= 0.3 is 0 Å². The summed E-state index contributed by atoms with van der Waals surface area (Å²) in [5, 5.41) is 5.04. The molecule has 0 unspecified atom stereocenters. The van der Waals surface area contributed by atoms with E-state index in [0.717, 1.165) is 0 Å². The third-order valence-corrected chi connectivity index (χ3v) is 9.70. The van der Waals surface area contributed by atoms with Gasteiger partial charge in [-0.2, -0.15) is 0 Å². The molecular formula is C47H33N. The first-order valence-electron chi connectivity index (χ1n) is 16.6. The van der Waals surface area contributed by atoms with Gasteiger partial charge in [-0.1, -0.05) is 164 Å². The van der Waals surface area contributed by atoms with Gasteiger partial charge in [-0.25, -0.2) is 0 Å². The second kappa shape index (κ2) is 11.9. The lowest BCUT2D eigenvalue weighted by Gasteiger charge is -2.21. The summed E-state index contributed by atoms with van der Waals surface area (Å²) in [6.45, 7) is 0. The van der Waals surface area contributed by atoms with Gasteiger partial charge in [0.2, 0.25) is 0 Å². The van der Waals surface area contributed by atoms with Crippen LogP contribution in [0.5, 0.6) is 0 Å². The van der Waals surface area contributed by atoms with Crippen molar-refractivity contribution in [1.82, 2.24) is 4.57 Å². The first-order valence-corrected chi connectivity index (χ1v) is 16.6. The molecular weight excluding hydrogens is 579 g/mol. The molecule has 0 amide bonds. The summed E-state index contributed by atoms with van der Waals surface area (Å²) in [7, 11) is 0. The molecule has 48 heavy (non-hydrogen) atoms. The van der Waals surface area contributed by atoms with E-state index in [2.05, 4.69) is 199 Å². The Balaban J connectivity index is 1.20. The number of fused-ring (bicyclic) bond motifs is 4. The van der Waals surface area contributed by atoms with Gasteiger partial charge in [0.05, 0.1) is 11.0 Å². The lowest BCUT2D eigenvalue weighted by Crippen LogP contribution is -2.03. The Morgan fingerprint density at radius 2 is 0.812 bits per heavy atom. The summed E-state index contributed by atoms with van der Waals surface area (Å²) in [4.78, 5) is 0. The lowest BCUT2D eigenvalue weighted by molar-refractivity contribution is 0.981. The Labute approximate surface area is 281 Å². The SMILES string of the molecule is c1ccc(-c2ccc(C(c3ccc(-c4ccccc4)cc3)c3ccc4cc5c(cc4c3)c3ccccc3n5-c3ccccc3)cc2)cc1. The Bertz CT molecular complexity index is 2430. The maximum atomic E-state index is 2.41. The highest BCUT2D eigenvalue weighted by molar-refractivity contribution is 6.13. The molecule has 0 radical (unpaired) electrons. The first kappa shape index (κ1) is 28.1. The minimum absolute atomic E-state index is 0.0883. The van der Waals surface area contributed by atoms with Gasteiger partial charge in [0.15, 0.2) is 0 Å². The van der Waals surface area contributed by atoms with E-state index in [4.69, 9.17) is 0 Å². The van der Waals surface area contributed by atoms with E-state index in [1.807, 2.05) is 0 Å². The van der Waals surface area contributed by atoms with Gasteiger partial charge in [0, 0.05) is 22.4 Å². The summed E-state index contributed by atoms with van der Waals surface area (Å²) in [5.74, 6) is 0.0883. The largest absolute Gasteiger partial charge is 0.309 e. The van der Waals surface area contributed by atoms with Crippen LogP contribution in [-0.2, 0) is 0 Å². The second-order valence-corrected chi connectivity index (χ2v) is 12.6. The Hall–Kier alpha value is -6.18. The van der Waals surface area contributed by atoms with Gasteiger partial charge in [-0.05, 0) is 80.0 Å². The zero-order valence-corrected chi connectivity index (χ0v) is 26.5. The summed E-state index contributed by atoms with van der Waals surface area (Å²) < 4.78 is 2.39. The molecule has 0 aliphatic heterocycles. The monoisotopic (exact) mass is 611 g/mol. The molecule has 1 nitrogen and oxygen atoms in total. The van der Waals surface area contributed by atoms with Gasteiger partial charge in [-0.15, -0.1) is 0 Å². The summed E-state index contributed by atoms with van der Waals surface area (Å²) in [6, 6.07) is 70.7. The van der Waals surface area contributed by atoms with Crippen LogP contribution in [0.3, 0.4) is 0 Å². The van der Waals surface area contributed by atoms with Crippen LogP contribution in [0.15, 0.2) is 194 Å². The van der Waals surface area contributed by atoms with Crippen molar-refractivity contribution < 1.29 is 0 Å². The van der Waals surface area contributed by atoms with Crippen molar-refractivity contribution in [2.75, 3.05) is 0 Å². The van der Waals surface area contributed by atoms with E-state index < -0.39 is 0 Å². The third-order valence-electron chi connectivity index (χ3n) is 9.70. The normalized spacial score (nSPS) is 11.5. The molecule has 9 rings (SSSR count). The quantitative estimate of drug-likeness (QED) is 0.165. The van der Waals surface area contributed by atoms with Crippen LogP contribution in [0, 0.1) is 0 Å². The Kier molecular flexibility index (Phi) is 6.95. The van der Waals surface area contributed by atoms with Gasteiger partial charge in [0.25, 0.3) is 0 Å². The second-order valence-electron chi connectivity index (χ2n) is 12.6. The molecule has 1 aromatic heterocycles. The summed E-state index contributed by atoms with van der Waals surface area (Å²) in [6.07, 6.45) is 0. The van der Waals surface area contributed by atoms with Crippen LogP contribution < -0.4 is 0 Å². The lowest BCUT2D eigenvalue weighted by atomic mass is 9.83. The van der Waals surface area contributed by atoms with Crippen LogP contribution in [0.1, 0.15) is 22.6 Å². The fourth-order valence-corrected chi connectivity index (χ4v) is 7.34. The number of benzene rings is 8. The molecule has 0 fully saturated rings. The van der Waals surface area contributed by atoms with Crippen LogP contribution in [-0.4, -0.2) is 4.57 Å². The van der Waals surface area contributed by atoms with E-state index in [9.17, 15) is 0 Å². The molecule has 9 aromatic rings. The molecule has 8 aromatic carbocycles. The highest BCUT2D eigenvalue weighted by Crippen LogP contribution is 2.39. The van der Waals surface area contributed by atoms with Crippen molar-refractivity contribution in [2.24, 2.45) is 0 Å². The van der Waals surface area contributed by atoms with E-state index >= 15 is 0 Å². The van der Waals surface area contributed by atoms with Crippen molar-refractivity contribution in [1.29, 1.82) is 0 Å². The highest BCUT2D eigenvalue weighted by Gasteiger charge is 2.19. The van der Waals surface area contributed by atoms with Crippen molar-refractivity contribution in [2.45, 2.75) is 5.92 Å². The standard InChI is InChI=1S/C47H33N/c1-4-12-33(13-5-1)35-20-24-37(25-21-35)47(38-26-22-36(23-27-38)34-14-6-2-7-15-34)40-29-28-39-32-46-44(31-41(39)30-40)43-18-10-11-19-45(43)48(46)42-16-8-3-9-17-42/h1-32,47H. The fourth-order valence-electron chi connectivity index (χ4n) is 7.34. The highest BCUT2D eigenvalue weighted by atomic mass is 15.0. The molecule has 0 saturated carbocycles. The van der Waals surface area contributed by atoms with Crippen LogP contribution in [0.2, 0.25) is 0 Å². The fraction of sp³-hybridized carbons (Fsp3) is 0.0213. The van der Waals surface area contributed by atoms with E-state index in [1.165, 1.54) is 77.2 Å². The predicted octanol–water partition coefficient (Wildman–Crippen LogP) is 12.5. The van der Waals surface area contributed by atoms with Crippen molar-refractivity contribution >= 4 is 32.6 Å². The van der Waals surface area contributed by atoms with Gasteiger partial charge < -0.3 is 4.57 Å². The molecule has 0 aliphatic carbocycles. The van der Waals surface area contributed by atoms with E-state index in [1.54, 1.807) is 0 Å². The summed E-state index contributed by atoms with van der Waals surface area (Å²) in [5.41, 5.74) is 12.4. The minimum Gasteiger partial charge on any atom is -0.309 e. The number of nitrogens with zero attached hydrogens (tertiary/aromatic N) is 1. The van der Waals surface area contributed by atoms with Gasteiger partial charge in [0.1, 0.15) is 0 Å². The molecule has 1 heteroatoms.